The lowest BCUT2D eigenvalue weighted by molar-refractivity contribution is -0.121. The quantitative estimate of drug-likeness (QED) is 0.600. The molecule has 0 saturated carbocycles. The fourth-order valence-corrected chi connectivity index (χ4v) is 3.29. The largest absolute Gasteiger partial charge is 0.385 e. The van der Waals surface area contributed by atoms with Crippen LogP contribution in [0.5, 0.6) is 0 Å². The maximum Gasteiger partial charge on any atom is 0.220 e. The molecule has 3 aromatic rings. The number of benzene rings is 2. The van der Waals surface area contributed by atoms with Crippen LogP contribution in [-0.2, 0) is 9.53 Å². The molecule has 2 aromatic carbocycles. The molecule has 26 heavy (non-hydrogen) atoms. The SMILES string of the molecule is COCCCNC(=O)C[C@@H](c1ccc(C)cc1)c1c[nH]c2ccccc12. The first-order valence-corrected chi connectivity index (χ1v) is 9.07. The summed E-state index contributed by atoms with van der Waals surface area (Å²) in [6, 6.07) is 16.7. The van der Waals surface area contributed by atoms with E-state index >= 15 is 0 Å². The number of hydrogen-bond donors (Lipinski definition) is 2. The Kier molecular flexibility index (Phi) is 6.08. The third-order valence-corrected chi connectivity index (χ3v) is 4.71. The van der Waals surface area contributed by atoms with Gasteiger partial charge in [0.25, 0.3) is 0 Å². The van der Waals surface area contributed by atoms with Gasteiger partial charge in [0, 0.05) is 49.7 Å². The lowest BCUT2D eigenvalue weighted by Gasteiger charge is -2.17. The van der Waals surface area contributed by atoms with E-state index in [-0.39, 0.29) is 11.8 Å². The van der Waals surface area contributed by atoms with Crippen molar-refractivity contribution in [2.24, 2.45) is 0 Å². The number of aromatic amines is 1. The van der Waals surface area contributed by atoms with Crippen molar-refractivity contribution >= 4 is 16.8 Å². The molecular weight excluding hydrogens is 324 g/mol. The minimum absolute atomic E-state index is 0.0224. The molecule has 1 atom stereocenters. The van der Waals surface area contributed by atoms with Crippen molar-refractivity contribution in [3.8, 4) is 0 Å². The van der Waals surface area contributed by atoms with Gasteiger partial charge >= 0.3 is 0 Å². The van der Waals surface area contributed by atoms with E-state index in [1.54, 1.807) is 7.11 Å². The fraction of sp³-hybridized carbons (Fsp3) is 0.318. The van der Waals surface area contributed by atoms with Gasteiger partial charge < -0.3 is 15.0 Å². The predicted molar refractivity (Wildman–Crippen MR) is 105 cm³/mol. The summed E-state index contributed by atoms with van der Waals surface area (Å²) >= 11 is 0. The first-order chi connectivity index (χ1) is 12.7. The Bertz CT molecular complexity index is 852. The third-order valence-electron chi connectivity index (χ3n) is 4.71. The van der Waals surface area contributed by atoms with Crippen molar-refractivity contribution in [1.29, 1.82) is 0 Å². The Morgan fingerprint density at radius 3 is 2.69 bits per heavy atom. The van der Waals surface area contributed by atoms with Crippen molar-refractivity contribution in [2.75, 3.05) is 20.3 Å². The molecule has 0 spiro atoms. The zero-order valence-corrected chi connectivity index (χ0v) is 15.4. The average molecular weight is 350 g/mol. The fourth-order valence-electron chi connectivity index (χ4n) is 3.29. The van der Waals surface area contributed by atoms with Crippen molar-refractivity contribution in [3.05, 3.63) is 71.4 Å². The smallest absolute Gasteiger partial charge is 0.220 e. The van der Waals surface area contributed by atoms with Gasteiger partial charge in [0.15, 0.2) is 0 Å². The molecule has 0 saturated heterocycles. The van der Waals surface area contributed by atoms with Crippen LogP contribution in [0.15, 0.2) is 54.7 Å². The Morgan fingerprint density at radius 2 is 1.92 bits per heavy atom. The molecule has 1 amide bonds. The lowest BCUT2D eigenvalue weighted by Crippen LogP contribution is -2.27. The molecule has 1 heterocycles. The normalized spacial score (nSPS) is 12.2. The molecule has 4 nitrogen and oxygen atoms in total. The maximum absolute atomic E-state index is 12.5. The van der Waals surface area contributed by atoms with Crippen LogP contribution in [0, 0.1) is 6.92 Å². The van der Waals surface area contributed by atoms with E-state index in [4.69, 9.17) is 4.74 Å². The Labute approximate surface area is 154 Å². The van der Waals surface area contributed by atoms with Crippen molar-refractivity contribution in [1.82, 2.24) is 10.3 Å². The lowest BCUT2D eigenvalue weighted by atomic mass is 9.87. The van der Waals surface area contributed by atoms with Gasteiger partial charge in [0.2, 0.25) is 5.91 Å². The number of hydrogen-bond acceptors (Lipinski definition) is 2. The number of amides is 1. The highest BCUT2D eigenvalue weighted by Crippen LogP contribution is 2.33. The molecule has 0 aliphatic carbocycles. The first-order valence-electron chi connectivity index (χ1n) is 9.07. The van der Waals surface area contributed by atoms with E-state index in [1.807, 2.05) is 18.3 Å². The van der Waals surface area contributed by atoms with Gasteiger partial charge in [-0.05, 0) is 30.5 Å². The highest BCUT2D eigenvalue weighted by atomic mass is 16.5. The van der Waals surface area contributed by atoms with Crippen LogP contribution >= 0.6 is 0 Å². The van der Waals surface area contributed by atoms with Gasteiger partial charge in [0.1, 0.15) is 0 Å². The molecule has 0 fully saturated rings. The number of aryl methyl sites for hydroxylation is 1. The second-order valence-electron chi connectivity index (χ2n) is 6.65. The molecule has 0 aliphatic rings. The van der Waals surface area contributed by atoms with E-state index in [9.17, 15) is 4.79 Å². The molecule has 0 aliphatic heterocycles. The van der Waals surface area contributed by atoms with Gasteiger partial charge in [-0.3, -0.25) is 4.79 Å². The number of carbonyl (C=O) groups excluding carboxylic acids is 1. The van der Waals surface area contributed by atoms with E-state index in [1.165, 1.54) is 10.9 Å². The number of H-pyrrole nitrogens is 1. The highest BCUT2D eigenvalue weighted by molar-refractivity contribution is 5.86. The number of carbonyl (C=O) groups is 1. The number of methoxy groups -OCH3 is 1. The van der Waals surface area contributed by atoms with Crippen LogP contribution in [-0.4, -0.2) is 31.2 Å². The minimum Gasteiger partial charge on any atom is -0.385 e. The van der Waals surface area contributed by atoms with Crippen LogP contribution in [0.4, 0.5) is 0 Å². The summed E-state index contributed by atoms with van der Waals surface area (Å²) in [6.07, 6.45) is 3.29. The van der Waals surface area contributed by atoms with Gasteiger partial charge in [-0.15, -0.1) is 0 Å². The summed E-state index contributed by atoms with van der Waals surface area (Å²) in [5.41, 5.74) is 4.64. The Hall–Kier alpha value is -2.59. The molecule has 0 radical (unpaired) electrons. The minimum atomic E-state index is 0.0224. The second kappa shape index (κ2) is 8.68. The molecular formula is C22H26N2O2. The van der Waals surface area contributed by atoms with Gasteiger partial charge in [-0.2, -0.15) is 0 Å². The third kappa shape index (κ3) is 4.33. The zero-order chi connectivity index (χ0) is 18.4. The number of para-hydroxylation sites is 1. The summed E-state index contributed by atoms with van der Waals surface area (Å²) in [7, 11) is 1.67. The maximum atomic E-state index is 12.5. The van der Waals surface area contributed by atoms with Gasteiger partial charge in [-0.25, -0.2) is 0 Å². The second-order valence-corrected chi connectivity index (χ2v) is 6.65. The number of ether oxygens (including phenoxy) is 1. The molecule has 2 N–H and O–H groups in total. The van der Waals surface area contributed by atoms with Crippen LogP contribution < -0.4 is 5.32 Å². The van der Waals surface area contributed by atoms with E-state index in [2.05, 4.69) is 53.6 Å². The molecule has 0 bridgehead atoms. The summed E-state index contributed by atoms with van der Waals surface area (Å²) in [5, 5.41) is 4.18. The summed E-state index contributed by atoms with van der Waals surface area (Å²) in [6.45, 7) is 3.37. The molecule has 1 aromatic heterocycles. The average Bonchev–Trinajstić information content (AvgIpc) is 3.08. The van der Waals surface area contributed by atoms with Crippen molar-refractivity contribution in [3.63, 3.8) is 0 Å². The molecule has 136 valence electrons. The topological polar surface area (TPSA) is 54.1 Å². The van der Waals surface area contributed by atoms with E-state index in [0.717, 1.165) is 23.1 Å². The van der Waals surface area contributed by atoms with Crippen LogP contribution in [0.1, 0.15) is 35.4 Å². The van der Waals surface area contributed by atoms with Crippen LogP contribution in [0.2, 0.25) is 0 Å². The molecule has 3 rings (SSSR count). The Balaban J connectivity index is 1.85. The predicted octanol–water partition coefficient (Wildman–Crippen LogP) is 4.15. The number of nitrogens with one attached hydrogen (secondary N) is 2. The molecule has 4 heteroatoms. The summed E-state index contributed by atoms with van der Waals surface area (Å²) in [4.78, 5) is 15.9. The highest BCUT2D eigenvalue weighted by Gasteiger charge is 2.21. The number of rotatable bonds is 8. The summed E-state index contributed by atoms with van der Waals surface area (Å²) < 4.78 is 5.04. The van der Waals surface area contributed by atoms with Crippen molar-refractivity contribution < 1.29 is 9.53 Å². The Morgan fingerprint density at radius 1 is 1.15 bits per heavy atom. The zero-order valence-electron chi connectivity index (χ0n) is 15.4. The van der Waals surface area contributed by atoms with E-state index in [0.29, 0.717) is 19.6 Å². The molecule has 0 unspecified atom stereocenters. The van der Waals surface area contributed by atoms with E-state index < -0.39 is 0 Å². The standard InChI is InChI=1S/C22H26N2O2/c1-16-8-10-17(11-9-16)19(14-22(25)23-12-5-13-26-2)20-15-24-21-7-4-3-6-18(20)21/h3-4,6-11,15,19,24H,5,12-14H2,1-2H3,(H,23,25)/t19-/m0/s1. The summed E-state index contributed by atoms with van der Waals surface area (Å²) in [5.74, 6) is 0.0890. The number of aromatic nitrogens is 1. The first kappa shape index (κ1) is 18.2. The number of fused-ring (bicyclic) bond motifs is 1. The van der Waals surface area contributed by atoms with Gasteiger partial charge in [0.05, 0.1) is 0 Å². The van der Waals surface area contributed by atoms with Crippen LogP contribution in [0.3, 0.4) is 0 Å². The van der Waals surface area contributed by atoms with Crippen molar-refractivity contribution in [2.45, 2.75) is 25.7 Å². The monoisotopic (exact) mass is 350 g/mol. The van der Waals surface area contributed by atoms with Crippen LogP contribution in [0.25, 0.3) is 10.9 Å². The van der Waals surface area contributed by atoms with Gasteiger partial charge in [-0.1, -0.05) is 48.0 Å².